The summed E-state index contributed by atoms with van der Waals surface area (Å²) >= 11 is 0. The number of carbonyl (C=O) groups is 1. The molecule has 8 heteroatoms. The van der Waals surface area contributed by atoms with E-state index in [-0.39, 0.29) is 5.96 Å². The molecule has 1 amide bonds. The zero-order chi connectivity index (χ0) is 19.7. The number of carbonyl (C=O) groups excluding carboxylic acids is 1. The van der Waals surface area contributed by atoms with Gasteiger partial charge in [-0.1, -0.05) is 6.42 Å². The van der Waals surface area contributed by atoms with E-state index in [4.69, 9.17) is 16.2 Å². The van der Waals surface area contributed by atoms with Crippen molar-refractivity contribution in [3.63, 3.8) is 0 Å². The van der Waals surface area contributed by atoms with Gasteiger partial charge in [-0.2, -0.15) is 4.99 Å². The maximum atomic E-state index is 11.9. The Hall–Kier alpha value is -2.77. The summed E-state index contributed by atoms with van der Waals surface area (Å²) in [7, 11) is 0. The molecule has 0 atom stereocenters. The second-order valence-electron chi connectivity index (χ2n) is 7.99. The maximum absolute atomic E-state index is 11.9. The van der Waals surface area contributed by atoms with Crippen molar-refractivity contribution < 1.29 is 9.53 Å². The average Bonchev–Trinajstić information content (AvgIpc) is 2.54. The first-order chi connectivity index (χ1) is 12.7. The molecule has 0 radical (unpaired) electrons. The van der Waals surface area contributed by atoms with Crippen LogP contribution in [0.5, 0.6) is 0 Å². The van der Waals surface area contributed by atoms with Crippen LogP contribution < -0.4 is 21.7 Å². The number of hydrogen-bond donors (Lipinski definition) is 3. The second-order valence-corrected chi connectivity index (χ2v) is 7.99. The minimum absolute atomic E-state index is 0.230. The standard InChI is InChI=1S/C19H28N6O2/c1-18(2,3)27-17(26)22-13-7-9-14(10-8-13)25-16(21)23-15(20)24-19(25)11-5-4-6-12-19/h7-10H,4-6,11-12H2,1-3H3,(H,22,26)(H4,20,21,23,24). The molecule has 146 valence electrons. The van der Waals surface area contributed by atoms with Gasteiger partial charge in [0.1, 0.15) is 11.3 Å². The molecular weight excluding hydrogens is 344 g/mol. The van der Waals surface area contributed by atoms with E-state index in [9.17, 15) is 4.79 Å². The van der Waals surface area contributed by atoms with E-state index in [0.29, 0.717) is 11.6 Å². The number of nitrogens with two attached hydrogens (primary N) is 2. The predicted molar refractivity (Wildman–Crippen MR) is 108 cm³/mol. The summed E-state index contributed by atoms with van der Waals surface area (Å²) in [6, 6.07) is 7.40. The molecule has 1 saturated carbocycles. The van der Waals surface area contributed by atoms with E-state index in [1.54, 1.807) is 0 Å². The van der Waals surface area contributed by atoms with Crippen LogP contribution in [-0.2, 0) is 4.74 Å². The molecule has 1 spiro atoms. The van der Waals surface area contributed by atoms with Gasteiger partial charge in [-0.05, 0) is 70.7 Å². The fourth-order valence-corrected chi connectivity index (χ4v) is 3.61. The van der Waals surface area contributed by atoms with Gasteiger partial charge in [0.05, 0.1) is 0 Å². The Labute approximate surface area is 159 Å². The minimum Gasteiger partial charge on any atom is -0.444 e. The highest BCUT2D eigenvalue weighted by molar-refractivity contribution is 6.05. The van der Waals surface area contributed by atoms with Gasteiger partial charge in [0.25, 0.3) is 0 Å². The maximum Gasteiger partial charge on any atom is 0.412 e. The molecule has 3 rings (SSSR count). The number of hydrogen-bond acceptors (Lipinski definition) is 7. The van der Waals surface area contributed by atoms with Crippen LogP contribution in [0.15, 0.2) is 34.3 Å². The van der Waals surface area contributed by atoms with Crippen molar-refractivity contribution in [2.24, 2.45) is 21.5 Å². The molecular formula is C19H28N6O2. The molecule has 1 fully saturated rings. The first-order valence-corrected chi connectivity index (χ1v) is 9.28. The quantitative estimate of drug-likeness (QED) is 0.737. The molecule has 0 saturated heterocycles. The number of guanidine groups is 2. The average molecular weight is 372 g/mol. The molecule has 0 unspecified atom stereocenters. The third-order valence-corrected chi connectivity index (χ3v) is 4.62. The lowest BCUT2D eigenvalue weighted by atomic mass is 9.87. The Balaban J connectivity index is 1.81. The Bertz CT molecular complexity index is 757. The Morgan fingerprint density at radius 3 is 2.37 bits per heavy atom. The molecule has 5 N–H and O–H groups in total. The van der Waals surface area contributed by atoms with Gasteiger partial charge >= 0.3 is 6.09 Å². The summed E-state index contributed by atoms with van der Waals surface area (Å²) in [4.78, 5) is 22.7. The molecule has 1 aliphatic carbocycles. The number of aliphatic imine (C=N–C) groups is 2. The summed E-state index contributed by atoms with van der Waals surface area (Å²) in [5.74, 6) is 0.575. The lowest BCUT2D eigenvalue weighted by Crippen LogP contribution is -2.58. The van der Waals surface area contributed by atoms with Crippen molar-refractivity contribution in [1.29, 1.82) is 0 Å². The highest BCUT2D eigenvalue weighted by Gasteiger charge is 2.42. The van der Waals surface area contributed by atoms with Crippen LogP contribution in [0.1, 0.15) is 52.9 Å². The number of nitrogens with one attached hydrogen (secondary N) is 1. The number of anilines is 2. The first-order valence-electron chi connectivity index (χ1n) is 9.28. The summed E-state index contributed by atoms with van der Waals surface area (Å²) in [5, 5.41) is 2.73. The monoisotopic (exact) mass is 372 g/mol. The van der Waals surface area contributed by atoms with Crippen LogP contribution in [0.2, 0.25) is 0 Å². The van der Waals surface area contributed by atoms with E-state index in [2.05, 4.69) is 15.3 Å². The topological polar surface area (TPSA) is 118 Å². The third-order valence-electron chi connectivity index (χ3n) is 4.62. The SMILES string of the molecule is CC(C)(C)OC(=O)Nc1ccc(N2C(N)=NC(N)=NC23CCCCC3)cc1. The number of ether oxygens (including phenoxy) is 1. The fraction of sp³-hybridized carbons (Fsp3) is 0.526. The largest absolute Gasteiger partial charge is 0.444 e. The van der Waals surface area contributed by atoms with Crippen molar-refractivity contribution in [3.05, 3.63) is 24.3 Å². The number of amides is 1. The van der Waals surface area contributed by atoms with Gasteiger partial charge in [0.15, 0.2) is 0 Å². The molecule has 1 heterocycles. The van der Waals surface area contributed by atoms with Crippen LogP contribution in [0, 0.1) is 0 Å². The van der Waals surface area contributed by atoms with E-state index >= 15 is 0 Å². The van der Waals surface area contributed by atoms with Crippen molar-refractivity contribution in [1.82, 2.24) is 0 Å². The molecule has 0 aromatic heterocycles. The summed E-state index contributed by atoms with van der Waals surface area (Å²) < 4.78 is 5.28. The lowest BCUT2D eigenvalue weighted by Gasteiger charge is -2.45. The molecule has 27 heavy (non-hydrogen) atoms. The molecule has 8 nitrogen and oxygen atoms in total. The van der Waals surface area contributed by atoms with Crippen LogP contribution in [0.3, 0.4) is 0 Å². The van der Waals surface area contributed by atoms with Gasteiger partial charge in [-0.25, -0.2) is 9.79 Å². The smallest absolute Gasteiger partial charge is 0.412 e. The van der Waals surface area contributed by atoms with E-state index in [0.717, 1.165) is 31.4 Å². The van der Waals surface area contributed by atoms with Crippen LogP contribution in [0.25, 0.3) is 0 Å². The normalized spacial score (nSPS) is 19.3. The van der Waals surface area contributed by atoms with Gasteiger partial charge in [-0.3, -0.25) is 10.2 Å². The third kappa shape index (κ3) is 4.32. The van der Waals surface area contributed by atoms with Gasteiger partial charge in [-0.15, -0.1) is 0 Å². The zero-order valence-corrected chi connectivity index (χ0v) is 16.2. The molecule has 1 aliphatic heterocycles. The zero-order valence-electron chi connectivity index (χ0n) is 16.2. The van der Waals surface area contributed by atoms with Gasteiger partial charge in [0, 0.05) is 11.4 Å². The molecule has 0 bridgehead atoms. The minimum atomic E-state index is -0.548. The van der Waals surface area contributed by atoms with Crippen LogP contribution in [0.4, 0.5) is 16.2 Å². The summed E-state index contributed by atoms with van der Waals surface area (Å²) in [6.45, 7) is 5.47. The predicted octanol–water partition coefficient (Wildman–Crippen LogP) is 3.14. The molecule has 2 aliphatic rings. The summed E-state index contributed by atoms with van der Waals surface area (Å²) in [6.07, 6.45) is 4.58. The van der Waals surface area contributed by atoms with Crippen LogP contribution >= 0.6 is 0 Å². The van der Waals surface area contributed by atoms with Crippen molar-refractivity contribution in [3.8, 4) is 0 Å². The van der Waals surface area contributed by atoms with Gasteiger partial charge < -0.3 is 16.2 Å². The lowest BCUT2D eigenvalue weighted by molar-refractivity contribution is 0.0636. The first kappa shape index (κ1) is 19.0. The Kier molecular flexibility index (Phi) is 4.99. The number of benzene rings is 1. The number of nitrogens with zero attached hydrogens (tertiary/aromatic N) is 3. The number of rotatable bonds is 2. The summed E-state index contributed by atoms with van der Waals surface area (Å²) in [5.41, 5.74) is 12.6. The van der Waals surface area contributed by atoms with Crippen molar-refractivity contribution >= 4 is 29.4 Å². The highest BCUT2D eigenvalue weighted by atomic mass is 16.6. The van der Waals surface area contributed by atoms with Crippen molar-refractivity contribution in [2.45, 2.75) is 64.1 Å². The Morgan fingerprint density at radius 2 is 1.78 bits per heavy atom. The van der Waals surface area contributed by atoms with Crippen LogP contribution in [-0.4, -0.2) is 29.3 Å². The molecule has 1 aromatic carbocycles. The van der Waals surface area contributed by atoms with E-state index in [1.807, 2.05) is 49.9 Å². The second kappa shape index (κ2) is 7.09. The molecule has 1 aromatic rings. The highest BCUT2D eigenvalue weighted by Crippen LogP contribution is 2.39. The van der Waals surface area contributed by atoms with E-state index < -0.39 is 17.4 Å². The fourth-order valence-electron chi connectivity index (χ4n) is 3.61. The van der Waals surface area contributed by atoms with Gasteiger partial charge in [0.2, 0.25) is 11.9 Å². The van der Waals surface area contributed by atoms with Crippen molar-refractivity contribution in [2.75, 3.05) is 10.2 Å². The van der Waals surface area contributed by atoms with E-state index in [1.165, 1.54) is 6.42 Å². The Morgan fingerprint density at radius 1 is 1.15 bits per heavy atom.